The summed E-state index contributed by atoms with van der Waals surface area (Å²) < 4.78 is 0. The van der Waals surface area contributed by atoms with Crippen LogP contribution in [-0.4, -0.2) is 22.3 Å². The number of hydrogen-bond donors (Lipinski definition) is 1. The second kappa shape index (κ2) is 6.06. The molecule has 3 nitrogen and oxygen atoms in total. The molecule has 0 unspecified atom stereocenters. The lowest BCUT2D eigenvalue weighted by atomic mass is 10.1. The lowest BCUT2D eigenvalue weighted by molar-refractivity contribution is -0.138. The predicted octanol–water partition coefficient (Wildman–Crippen LogP) is 2.18. The molecule has 0 saturated carbocycles. The van der Waals surface area contributed by atoms with Gasteiger partial charge in [-0.15, -0.1) is 0 Å². The van der Waals surface area contributed by atoms with Gasteiger partial charge >= 0.3 is 5.97 Å². The summed E-state index contributed by atoms with van der Waals surface area (Å²) in [5.41, 5.74) is 1.10. The van der Waals surface area contributed by atoms with E-state index in [1.807, 2.05) is 30.3 Å². The summed E-state index contributed by atoms with van der Waals surface area (Å²) in [6.07, 6.45) is 1.13. The van der Waals surface area contributed by atoms with Crippen molar-refractivity contribution in [2.75, 3.05) is 0 Å². The maximum atomic E-state index is 10.7. The highest BCUT2D eigenvalue weighted by Crippen LogP contribution is 2.07. The Morgan fingerprint density at radius 2 is 2.13 bits per heavy atom. The van der Waals surface area contributed by atoms with Crippen molar-refractivity contribution in [1.29, 1.82) is 0 Å². The van der Waals surface area contributed by atoms with Gasteiger partial charge in [0.05, 0.1) is 5.16 Å². The van der Waals surface area contributed by atoms with Crippen molar-refractivity contribution in [1.82, 2.24) is 0 Å². The van der Waals surface area contributed by atoms with Crippen LogP contribution in [0.4, 0.5) is 0 Å². The average Bonchev–Trinajstić information content (AvgIpc) is 2.25. The van der Waals surface area contributed by atoms with Crippen molar-refractivity contribution in [3.63, 3.8) is 0 Å². The molecular formula is C11H11NO2S. The number of carbonyl (C=O) groups is 1. The van der Waals surface area contributed by atoms with Gasteiger partial charge in [0, 0.05) is 0 Å². The van der Waals surface area contributed by atoms with E-state index < -0.39 is 12.0 Å². The molecular weight excluding hydrogens is 210 g/mol. The van der Waals surface area contributed by atoms with Gasteiger partial charge in [-0.3, -0.25) is 0 Å². The number of aryl methyl sites for hydroxylation is 1. The molecule has 0 bridgehead atoms. The minimum Gasteiger partial charge on any atom is -0.480 e. The molecule has 0 aliphatic rings. The number of carboxylic acid groups (broad SMARTS) is 1. The third-order valence-corrected chi connectivity index (χ3v) is 2.15. The lowest BCUT2D eigenvalue weighted by Crippen LogP contribution is -2.18. The molecule has 0 fully saturated rings. The van der Waals surface area contributed by atoms with E-state index in [-0.39, 0.29) is 0 Å². The molecule has 0 saturated heterocycles. The Morgan fingerprint density at radius 1 is 1.47 bits per heavy atom. The first-order chi connectivity index (χ1) is 7.24. The summed E-state index contributed by atoms with van der Waals surface area (Å²) in [5.74, 6) is -0.955. The summed E-state index contributed by atoms with van der Waals surface area (Å²) >= 11 is 4.40. The minimum atomic E-state index is -0.955. The van der Waals surface area contributed by atoms with Crippen LogP contribution in [0.2, 0.25) is 0 Å². The van der Waals surface area contributed by atoms with E-state index in [9.17, 15) is 4.79 Å². The van der Waals surface area contributed by atoms with Crippen molar-refractivity contribution in [3.8, 4) is 0 Å². The van der Waals surface area contributed by atoms with E-state index in [4.69, 9.17) is 5.11 Å². The monoisotopic (exact) mass is 221 g/mol. The molecule has 1 rings (SSSR count). The maximum absolute atomic E-state index is 10.7. The van der Waals surface area contributed by atoms with Gasteiger partial charge in [-0.1, -0.05) is 30.3 Å². The number of isothiocyanates is 1. The smallest absolute Gasteiger partial charge is 0.329 e. The van der Waals surface area contributed by atoms with Gasteiger partial charge < -0.3 is 5.11 Å². The van der Waals surface area contributed by atoms with Crippen LogP contribution in [0.3, 0.4) is 0 Å². The zero-order valence-electron chi connectivity index (χ0n) is 8.09. The van der Waals surface area contributed by atoms with Crippen molar-refractivity contribution in [2.45, 2.75) is 18.9 Å². The number of thiocarbonyl (C=S) groups is 1. The van der Waals surface area contributed by atoms with Gasteiger partial charge in [0.1, 0.15) is 0 Å². The molecule has 4 heteroatoms. The summed E-state index contributed by atoms with van der Waals surface area (Å²) in [7, 11) is 0. The second-order valence-corrected chi connectivity index (χ2v) is 3.28. The Labute approximate surface area is 93.5 Å². The van der Waals surface area contributed by atoms with E-state index in [2.05, 4.69) is 22.4 Å². The first-order valence-corrected chi connectivity index (χ1v) is 4.98. The molecule has 0 aliphatic carbocycles. The Balaban J connectivity index is 2.54. The van der Waals surface area contributed by atoms with Gasteiger partial charge in [-0.25, -0.2) is 9.79 Å². The normalized spacial score (nSPS) is 11.5. The van der Waals surface area contributed by atoms with E-state index in [0.29, 0.717) is 12.8 Å². The first kappa shape index (κ1) is 11.6. The fourth-order valence-corrected chi connectivity index (χ4v) is 1.38. The summed E-state index contributed by atoms with van der Waals surface area (Å²) in [6, 6.07) is 8.91. The zero-order valence-corrected chi connectivity index (χ0v) is 8.91. The van der Waals surface area contributed by atoms with Crippen LogP contribution >= 0.6 is 12.2 Å². The molecule has 1 N–H and O–H groups in total. The van der Waals surface area contributed by atoms with Crippen LogP contribution in [0.15, 0.2) is 35.3 Å². The van der Waals surface area contributed by atoms with Gasteiger partial charge in [0.2, 0.25) is 0 Å². The van der Waals surface area contributed by atoms with Crippen LogP contribution in [0.25, 0.3) is 0 Å². The van der Waals surface area contributed by atoms with Crippen LogP contribution in [0.1, 0.15) is 12.0 Å². The van der Waals surface area contributed by atoms with Crippen molar-refractivity contribution >= 4 is 23.3 Å². The highest BCUT2D eigenvalue weighted by atomic mass is 32.1. The third-order valence-electron chi connectivity index (χ3n) is 2.04. The van der Waals surface area contributed by atoms with Crippen LogP contribution < -0.4 is 0 Å². The van der Waals surface area contributed by atoms with Gasteiger partial charge in [-0.05, 0) is 30.6 Å². The SMILES string of the molecule is O=C(O)[C@@H](CCc1ccccc1)N=C=S. The number of carboxylic acids is 1. The van der Waals surface area contributed by atoms with Gasteiger partial charge in [0.25, 0.3) is 0 Å². The Hall–Kier alpha value is -1.51. The standard InChI is InChI=1S/C11H11NO2S/c13-11(14)10(12-8-15)7-6-9-4-2-1-3-5-9/h1-5,10H,6-7H2,(H,13,14)/t10-/m1/s1. The van der Waals surface area contributed by atoms with E-state index in [0.717, 1.165) is 5.56 Å². The second-order valence-electron chi connectivity index (χ2n) is 3.10. The number of rotatable bonds is 5. The summed E-state index contributed by atoms with van der Waals surface area (Å²) in [4.78, 5) is 14.3. The van der Waals surface area contributed by atoms with Gasteiger partial charge in [0.15, 0.2) is 6.04 Å². The van der Waals surface area contributed by atoms with Gasteiger partial charge in [-0.2, -0.15) is 0 Å². The van der Waals surface area contributed by atoms with E-state index >= 15 is 0 Å². The van der Waals surface area contributed by atoms with Crippen molar-refractivity contribution < 1.29 is 9.90 Å². The summed E-state index contributed by atoms with van der Waals surface area (Å²) in [5, 5.41) is 10.9. The molecule has 0 spiro atoms. The fourth-order valence-electron chi connectivity index (χ4n) is 1.25. The first-order valence-electron chi connectivity index (χ1n) is 4.57. The van der Waals surface area contributed by atoms with Crippen molar-refractivity contribution in [2.24, 2.45) is 4.99 Å². The van der Waals surface area contributed by atoms with Crippen LogP contribution in [-0.2, 0) is 11.2 Å². The number of nitrogens with zero attached hydrogens (tertiary/aromatic N) is 1. The molecule has 0 heterocycles. The highest BCUT2D eigenvalue weighted by Gasteiger charge is 2.14. The lowest BCUT2D eigenvalue weighted by Gasteiger charge is -2.05. The number of benzene rings is 1. The molecule has 78 valence electrons. The number of aliphatic imine (C=N–C) groups is 1. The third kappa shape index (κ3) is 4.02. The van der Waals surface area contributed by atoms with Crippen LogP contribution in [0.5, 0.6) is 0 Å². The number of hydrogen-bond acceptors (Lipinski definition) is 3. The highest BCUT2D eigenvalue weighted by molar-refractivity contribution is 7.78. The maximum Gasteiger partial charge on any atom is 0.329 e. The Bertz CT molecular complexity index is 369. The number of aliphatic carboxylic acids is 1. The molecule has 1 aromatic carbocycles. The molecule has 1 atom stereocenters. The summed E-state index contributed by atoms with van der Waals surface area (Å²) in [6.45, 7) is 0. The quantitative estimate of drug-likeness (QED) is 0.612. The zero-order chi connectivity index (χ0) is 11.1. The average molecular weight is 221 g/mol. The molecule has 0 aliphatic heterocycles. The topological polar surface area (TPSA) is 49.7 Å². The fraction of sp³-hybridized carbons (Fsp3) is 0.273. The molecule has 1 aromatic rings. The minimum absolute atomic E-state index is 0.447. The Morgan fingerprint density at radius 3 is 2.67 bits per heavy atom. The van der Waals surface area contributed by atoms with Crippen molar-refractivity contribution in [3.05, 3.63) is 35.9 Å². The predicted molar refractivity (Wildman–Crippen MR) is 61.2 cm³/mol. The molecule has 0 aromatic heterocycles. The molecule has 0 amide bonds. The van der Waals surface area contributed by atoms with Crippen LogP contribution in [0, 0.1) is 0 Å². The Kier molecular flexibility index (Phi) is 4.68. The van der Waals surface area contributed by atoms with E-state index in [1.54, 1.807) is 0 Å². The largest absolute Gasteiger partial charge is 0.480 e. The molecule has 0 radical (unpaired) electrons. The molecule has 15 heavy (non-hydrogen) atoms. The van der Waals surface area contributed by atoms with E-state index in [1.165, 1.54) is 0 Å².